The van der Waals surface area contributed by atoms with E-state index in [0.717, 1.165) is 16.5 Å². The average molecular weight is 491 g/mol. The molecule has 0 radical (unpaired) electrons. The Labute approximate surface area is 188 Å². The molecule has 8 nitrogen and oxygen atoms in total. The number of ether oxygens (including phenoxy) is 2. The number of rotatable bonds is 8. The summed E-state index contributed by atoms with van der Waals surface area (Å²) in [6.07, 6.45) is 5.15. The van der Waals surface area contributed by atoms with Gasteiger partial charge in [-0.2, -0.15) is 0 Å². The molecule has 2 heterocycles. The van der Waals surface area contributed by atoms with Crippen LogP contribution in [0.4, 0.5) is 0 Å². The molecule has 9 heteroatoms. The van der Waals surface area contributed by atoms with E-state index in [0.29, 0.717) is 48.0 Å². The van der Waals surface area contributed by atoms with E-state index in [1.165, 1.54) is 4.57 Å². The first-order valence-electron chi connectivity index (χ1n) is 10.2. The van der Waals surface area contributed by atoms with Gasteiger partial charge in [-0.15, -0.1) is 0 Å². The van der Waals surface area contributed by atoms with Crippen LogP contribution in [0.3, 0.4) is 0 Å². The fourth-order valence-electron chi connectivity index (χ4n) is 3.54. The van der Waals surface area contributed by atoms with Crippen molar-refractivity contribution in [2.24, 2.45) is 7.05 Å². The third-order valence-electron chi connectivity index (χ3n) is 5.09. The number of nitrogens with zero attached hydrogens (tertiary/aromatic N) is 4. The van der Waals surface area contributed by atoms with Gasteiger partial charge in [0.25, 0.3) is 5.56 Å². The van der Waals surface area contributed by atoms with E-state index in [9.17, 15) is 9.59 Å². The van der Waals surface area contributed by atoms with Gasteiger partial charge >= 0.3 is 5.69 Å². The van der Waals surface area contributed by atoms with Crippen molar-refractivity contribution in [2.45, 2.75) is 39.8 Å². The quantitative estimate of drug-likeness (QED) is 0.481. The molecule has 0 saturated carbocycles. The first-order chi connectivity index (χ1) is 14.9. The lowest BCUT2D eigenvalue weighted by molar-refractivity contribution is 0.354. The normalized spacial score (nSPS) is 11.5. The Kier molecular flexibility index (Phi) is 7.04. The van der Waals surface area contributed by atoms with Crippen LogP contribution in [-0.2, 0) is 20.1 Å². The minimum atomic E-state index is -0.309. The summed E-state index contributed by atoms with van der Waals surface area (Å²) >= 11 is 3.55. The maximum absolute atomic E-state index is 13.0. The smallest absolute Gasteiger partial charge is 0.332 e. The van der Waals surface area contributed by atoms with Gasteiger partial charge in [-0.25, -0.2) is 9.78 Å². The van der Waals surface area contributed by atoms with Crippen molar-refractivity contribution in [3.05, 3.63) is 48.8 Å². The standard InChI is InChI=1S/C22H27BrN4O4/c1-6-10-26-20-19(21(28)27(11-7-2)22(26)29)25(3)18(24-20)9-8-14-12-16(30-4)17(31-5)13-15(14)23/h8-9,12-13H,6-7,10-11H2,1-5H3/b9-8+. The average Bonchev–Trinajstić information content (AvgIpc) is 3.09. The number of imidazole rings is 1. The third kappa shape index (κ3) is 4.19. The summed E-state index contributed by atoms with van der Waals surface area (Å²) in [5, 5.41) is 0. The predicted molar refractivity (Wildman–Crippen MR) is 126 cm³/mol. The first kappa shape index (κ1) is 22.9. The summed E-state index contributed by atoms with van der Waals surface area (Å²) in [6, 6.07) is 3.68. The Balaban J connectivity index is 2.18. The van der Waals surface area contributed by atoms with Crippen molar-refractivity contribution in [3.63, 3.8) is 0 Å². The molecule has 0 aliphatic heterocycles. The Morgan fingerprint density at radius 2 is 1.61 bits per heavy atom. The molecule has 166 valence electrons. The van der Waals surface area contributed by atoms with Crippen molar-refractivity contribution in [2.75, 3.05) is 14.2 Å². The lowest BCUT2D eigenvalue weighted by Crippen LogP contribution is -2.40. The van der Waals surface area contributed by atoms with E-state index in [1.54, 1.807) is 30.4 Å². The Hall–Kier alpha value is -2.81. The summed E-state index contributed by atoms with van der Waals surface area (Å²) in [4.78, 5) is 30.6. The zero-order chi connectivity index (χ0) is 22.7. The van der Waals surface area contributed by atoms with Crippen LogP contribution in [0.15, 0.2) is 26.2 Å². The van der Waals surface area contributed by atoms with Gasteiger partial charge in [-0.1, -0.05) is 35.9 Å². The summed E-state index contributed by atoms with van der Waals surface area (Å²) < 4.78 is 16.2. The van der Waals surface area contributed by atoms with Crippen LogP contribution in [0.1, 0.15) is 38.1 Å². The van der Waals surface area contributed by atoms with Crippen LogP contribution >= 0.6 is 15.9 Å². The molecule has 0 spiro atoms. The van der Waals surface area contributed by atoms with Gasteiger partial charge < -0.3 is 14.0 Å². The monoisotopic (exact) mass is 490 g/mol. The van der Waals surface area contributed by atoms with Crippen molar-refractivity contribution in [1.29, 1.82) is 0 Å². The highest BCUT2D eigenvalue weighted by molar-refractivity contribution is 9.10. The molecule has 0 fully saturated rings. The zero-order valence-corrected chi connectivity index (χ0v) is 20.0. The van der Waals surface area contributed by atoms with Crippen LogP contribution < -0.4 is 20.7 Å². The predicted octanol–water partition coefficient (Wildman–Crippen LogP) is 3.67. The first-order valence-corrected chi connectivity index (χ1v) is 11.0. The van der Waals surface area contributed by atoms with Crippen LogP contribution in [0.25, 0.3) is 23.3 Å². The maximum Gasteiger partial charge on any atom is 0.332 e. The van der Waals surface area contributed by atoms with Crippen molar-refractivity contribution >= 4 is 39.2 Å². The van der Waals surface area contributed by atoms with Crippen LogP contribution in [0.2, 0.25) is 0 Å². The zero-order valence-electron chi connectivity index (χ0n) is 18.4. The highest BCUT2D eigenvalue weighted by Gasteiger charge is 2.18. The van der Waals surface area contributed by atoms with Gasteiger partial charge in [0.05, 0.1) is 14.2 Å². The number of aryl methyl sites for hydroxylation is 2. The number of fused-ring (bicyclic) bond motifs is 1. The molecule has 0 aliphatic carbocycles. The van der Waals surface area contributed by atoms with E-state index in [-0.39, 0.29) is 11.2 Å². The maximum atomic E-state index is 13.0. The fraction of sp³-hybridized carbons (Fsp3) is 0.409. The summed E-state index contributed by atoms with van der Waals surface area (Å²) in [5.74, 6) is 1.80. The van der Waals surface area contributed by atoms with Gasteiger partial charge in [0.15, 0.2) is 22.7 Å². The second kappa shape index (κ2) is 9.55. The molecular weight excluding hydrogens is 464 g/mol. The third-order valence-corrected chi connectivity index (χ3v) is 5.77. The number of aromatic nitrogens is 4. The van der Waals surface area contributed by atoms with E-state index in [4.69, 9.17) is 9.47 Å². The Bertz CT molecular complexity index is 1250. The van der Waals surface area contributed by atoms with Crippen molar-refractivity contribution in [3.8, 4) is 11.5 Å². The molecule has 0 bridgehead atoms. The fourth-order valence-corrected chi connectivity index (χ4v) is 3.99. The van der Waals surface area contributed by atoms with Crippen molar-refractivity contribution in [1.82, 2.24) is 18.7 Å². The minimum absolute atomic E-state index is 0.308. The van der Waals surface area contributed by atoms with Gasteiger partial charge in [0, 0.05) is 24.6 Å². The molecule has 0 saturated heterocycles. The molecule has 0 unspecified atom stereocenters. The molecule has 3 aromatic rings. The lowest BCUT2D eigenvalue weighted by Gasteiger charge is -2.10. The minimum Gasteiger partial charge on any atom is -0.493 e. The highest BCUT2D eigenvalue weighted by atomic mass is 79.9. The number of methoxy groups -OCH3 is 2. The largest absolute Gasteiger partial charge is 0.493 e. The molecule has 0 aliphatic rings. The van der Waals surface area contributed by atoms with Crippen LogP contribution in [-0.4, -0.2) is 32.9 Å². The summed E-state index contributed by atoms with van der Waals surface area (Å²) in [5.41, 5.74) is 1.08. The lowest BCUT2D eigenvalue weighted by atomic mass is 10.2. The SMILES string of the molecule is CCCn1c(=O)c2c(nc(/C=C/c3cc(OC)c(OC)cc3Br)n2C)n(CCC)c1=O. The molecule has 0 N–H and O–H groups in total. The molecular formula is C22H27BrN4O4. The number of hydrogen-bond acceptors (Lipinski definition) is 5. The van der Waals surface area contributed by atoms with Crippen LogP contribution in [0, 0.1) is 0 Å². The Morgan fingerprint density at radius 1 is 1.00 bits per heavy atom. The van der Waals surface area contributed by atoms with E-state index in [2.05, 4.69) is 20.9 Å². The van der Waals surface area contributed by atoms with Gasteiger partial charge in [-0.05, 0) is 36.6 Å². The number of hydrogen-bond donors (Lipinski definition) is 0. The van der Waals surface area contributed by atoms with E-state index < -0.39 is 0 Å². The molecule has 2 aromatic heterocycles. The van der Waals surface area contributed by atoms with E-state index in [1.807, 2.05) is 38.1 Å². The Morgan fingerprint density at radius 3 is 2.23 bits per heavy atom. The topological polar surface area (TPSA) is 80.3 Å². The number of halogens is 1. The van der Waals surface area contributed by atoms with Gasteiger partial charge in [-0.3, -0.25) is 13.9 Å². The van der Waals surface area contributed by atoms with Gasteiger partial charge in [0.1, 0.15) is 5.82 Å². The molecule has 0 atom stereocenters. The number of benzene rings is 1. The molecule has 0 amide bonds. The highest BCUT2D eigenvalue weighted by Crippen LogP contribution is 2.34. The second-order valence-electron chi connectivity index (χ2n) is 7.15. The second-order valence-corrected chi connectivity index (χ2v) is 8.01. The molecule has 3 rings (SSSR count). The van der Waals surface area contributed by atoms with Gasteiger partial charge in [0.2, 0.25) is 0 Å². The van der Waals surface area contributed by atoms with Crippen LogP contribution in [0.5, 0.6) is 11.5 Å². The van der Waals surface area contributed by atoms with E-state index >= 15 is 0 Å². The molecule has 1 aromatic carbocycles. The summed E-state index contributed by atoms with van der Waals surface area (Å²) in [7, 11) is 4.95. The summed E-state index contributed by atoms with van der Waals surface area (Å²) in [6.45, 7) is 4.82. The molecule has 31 heavy (non-hydrogen) atoms. The van der Waals surface area contributed by atoms with Crippen molar-refractivity contribution < 1.29 is 9.47 Å².